The number of alkyl halides is 2. The van der Waals surface area contributed by atoms with E-state index in [2.05, 4.69) is 6.92 Å². The quantitative estimate of drug-likeness (QED) is 0.567. The molecule has 0 spiro atoms. The Morgan fingerprint density at radius 2 is 2.00 bits per heavy atom. The van der Waals surface area contributed by atoms with Crippen LogP contribution in [0.15, 0.2) is 24.3 Å². The second kappa shape index (κ2) is 3.32. The van der Waals surface area contributed by atoms with E-state index in [-0.39, 0.29) is 11.3 Å². The summed E-state index contributed by atoms with van der Waals surface area (Å²) in [7, 11) is -2.28. The van der Waals surface area contributed by atoms with Gasteiger partial charge >= 0.3 is 0 Å². The zero-order valence-electron chi connectivity index (χ0n) is 9.91. The van der Waals surface area contributed by atoms with Crippen LogP contribution in [0.1, 0.15) is 12.5 Å². The van der Waals surface area contributed by atoms with Crippen LogP contribution in [-0.4, -0.2) is 16.7 Å². The van der Waals surface area contributed by atoms with Crippen LogP contribution >= 0.6 is 30.3 Å². The number of rotatable bonds is 1. The van der Waals surface area contributed by atoms with Gasteiger partial charge in [-0.3, -0.25) is 0 Å². The summed E-state index contributed by atoms with van der Waals surface area (Å²) in [4.78, 5) is 0. The van der Waals surface area contributed by atoms with E-state index in [9.17, 15) is 4.57 Å². The molecule has 1 nitrogen and oxygen atoms in total. The number of benzene rings is 1. The van der Waals surface area contributed by atoms with Crippen LogP contribution in [0.4, 0.5) is 0 Å². The molecule has 1 unspecified atom stereocenters. The molecule has 1 heterocycles. The molecule has 3 atom stereocenters. The molecule has 1 aliphatic carbocycles. The Hall–Kier alpha value is 0.0300. The molecular weight excluding hydrogens is 274 g/mol. The highest BCUT2D eigenvalue weighted by Crippen LogP contribution is 2.81. The zero-order chi connectivity index (χ0) is 12.5. The topological polar surface area (TPSA) is 17.1 Å². The molecule has 2 fully saturated rings. The lowest BCUT2D eigenvalue weighted by Crippen LogP contribution is -2.18. The number of aryl methyl sites for hydroxylation is 1. The van der Waals surface area contributed by atoms with Gasteiger partial charge in [-0.1, -0.05) is 31.2 Å². The Bertz CT molecular complexity index is 540. The summed E-state index contributed by atoms with van der Waals surface area (Å²) in [5.41, 5.74) is 0.976. The van der Waals surface area contributed by atoms with E-state index >= 15 is 0 Å². The van der Waals surface area contributed by atoms with Gasteiger partial charge in [0.05, 0.1) is 0 Å². The van der Waals surface area contributed by atoms with E-state index < -0.39 is 11.5 Å². The molecular formula is C13H15Cl2OP. The van der Waals surface area contributed by atoms with E-state index in [1.54, 1.807) is 0 Å². The lowest BCUT2D eigenvalue weighted by atomic mass is 10.1. The minimum Gasteiger partial charge on any atom is -0.319 e. The summed E-state index contributed by atoms with van der Waals surface area (Å²) in [5, 5.41) is 1.03. The van der Waals surface area contributed by atoms with Gasteiger partial charge in [0.25, 0.3) is 0 Å². The minimum atomic E-state index is -2.28. The van der Waals surface area contributed by atoms with Crippen molar-refractivity contribution in [3.05, 3.63) is 29.8 Å². The lowest BCUT2D eigenvalue weighted by molar-refractivity contribution is 0.572. The normalized spacial score (nSPS) is 42.2. The molecule has 92 valence electrons. The van der Waals surface area contributed by atoms with Crippen molar-refractivity contribution in [1.82, 2.24) is 0 Å². The molecule has 17 heavy (non-hydrogen) atoms. The minimum absolute atomic E-state index is 0.145. The van der Waals surface area contributed by atoms with Crippen molar-refractivity contribution in [3.63, 3.8) is 0 Å². The predicted octanol–water partition coefficient (Wildman–Crippen LogP) is 3.81. The summed E-state index contributed by atoms with van der Waals surface area (Å²) in [6.45, 7) is 4.09. The number of hydrogen-bond donors (Lipinski definition) is 0. The van der Waals surface area contributed by atoms with Gasteiger partial charge in [0.15, 0.2) is 0 Å². The standard InChI is InChI=1S/C13H15Cl2OP/c1-9-5-3-4-6-10(9)17(16)7-11-12(2,8-17)13(11,14)15/h3-6,11H,7-8H2,1-2H3/t11?,12-,17+/m0/s1. The maximum absolute atomic E-state index is 13.1. The first-order chi connectivity index (χ1) is 7.81. The van der Waals surface area contributed by atoms with Crippen molar-refractivity contribution in [2.45, 2.75) is 18.2 Å². The molecule has 1 saturated heterocycles. The van der Waals surface area contributed by atoms with Gasteiger partial charge in [0, 0.05) is 29.0 Å². The molecule has 0 N–H and O–H groups in total. The Morgan fingerprint density at radius 3 is 2.53 bits per heavy atom. The highest BCUT2D eigenvalue weighted by molar-refractivity contribution is 7.72. The molecule has 0 bridgehead atoms. The second-order valence-electron chi connectivity index (χ2n) is 5.61. The summed E-state index contributed by atoms with van der Waals surface area (Å²) >= 11 is 12.5. The number of halogens is 2. The molecule has 0 aromatic heterocycles. The maximum atomic E-state index is 13.1. The van der Waals surface area contributed by atoms with Gasteiger partial charge in [-0.25, -0.2) is 0 Å². The molecule has 0 amide bonds. The monoisotopic (exact) mass is 288 g/mol. The van der Waals surface area contributed by atoms with Crippen molar-refractivity contribution in [3.8, 4) is 0 Å². The third-order valence-electron chi connectivity index (χ3n) is 4.50. The first-order valence-corrected chi connectivity index (χ1v) is 8.67. The van der Waals surface area contributed by atoms with Crippen LogP contribution < -0.4 is 5.30 Å². The summed E-state index contributed by atoms with van der Waals surface area (Å²) in [6, 6.07) is 7.96. The van der Waals surface area contributed by atoms with Crippen LogP contribution in [0.25, 0.3) is 0 Å². The average Bonchev–Trinajstić information content (AvgIpc) is 2.56. The molecule has 1 aromatic carbocycles. The third kappa shape index (κ3) is 1.43. The first-order valence-electron chi connectivity index (χ1n) is 5.83. The van der Waals surface area contributed by atoms with E-state index in [1.807, 2.05) is 31.2 Å². The fourth-order valence-corrected chi connectivity index (χ4v) is 8.99. The van der Waals surface area contributed by atoms with E-state index in [0.717, 1.165) is 10.9 Å². The van der Waals surface area contributed by atoms with Crippen LogP contribution in [0.3, 0.4) is 0 Å². The maximum Gasteiger partial charge on any atom is 0.128 e. The third-order valence-corrected chi connectivity index (χ3v) is 9.39. The molecule has 2 aliphatic rings. The smallest absolute Gasteiger partial charge is 0.128 e. The zero-order valence-corrected chi connectivity index (χ0v) is 12.3. The fraction of sp³-hybridized carbons (Fsp3) is 0.538. The van der Waals surface area contributed by atoms with Crippen LogP contribution in [0.5, 0.6) is 0 Å². The summed E-state index contributed by atoms with van der Waals surface area (Å²) in [6.07, 6.45) is 1.32. The fourth-order valence-electron chi connectivity index (χ4n) is 3.30. The molecule has 3 rings (SSSR count). The molecule has 1 aromatic rings. The van der Waals surface area contributed by atoms with E-state index in [4.69, 9.17) is 23.2 Å². The Labute approximate surface area is 112 Å². The van der Waals surface area contributed by atoms with Gasteiger partial charge in [0.1, 0.15) is 11.5 Å². The van der Waals surface area contributed by atoms with E-state index in [0.29, 0.717) is 12.3 Å². The number of fused-ring (bicyclic) bond motifs is 1. The highest BCUT2D eigenvalue weighted by Gasteiger charge is 2.78. The molecule has 1 aliphatic heterocycles. The predicted molar refractivity (Wildman–Crippen MR) is 74.2 cm³/mol. The molecule has 4 heteroatoms. The van der Waals surface area contributed by atoms with Crippen molar-refractivity contribution in [2.75, 3.05) is 12.3 Å². The number of hydrogen-bond acceptors (Lipinski definition) is 1. The summed E-state index contributed by atoms with van der Waals surface area (Å²) in [5.74, 6) is 0.198. The van der Waals surface area contributed by atoms with Crippen LogP contribution in [-0.2, 0) is 4.57 Å². The Kier molecular flexibility index (Phi) is 2.36. The van der Waals surface area contributed by atoms with Gasteiger partial charge in [0.2, 0.25) is 0 Å². The summed E-state index contributed by atoms with van der Waals surface area (Å²) < 4.78 is 12.4. The average molecular weight is 289 g/mol. The Balaban J connectivity index is 1.99. The molecule has 1 saturated carbocycles. The van der Waals surface area contributed by atoms with Crippen molar-refractivity contribution in [1.29, 1.82) is 0 Å². The van der Waals surface area contributed by atoms with Gasteiger partial charge in [-0.2, -0.15) is 0 Å². The largest absolute Gasteiger partial charge is 0.319 e. The first kappa shape index (κ1) is 12.1. The van der Waals surface area contributed by atoms with Crippen molar-refractivity contribution < 1.29 is 4.57 Å². The second-order valence-corrected chi connectivity index (χ2v) is 9.94. The van der Waals surface area contributed by atoms with Gasteiger partial charge in [-0.15, -0.1) is 23.2 Å². The van der Waals surface area contributed by atoms with Crippen LogP contribution in [0, 0.1) is 18.3 Å². The Morgan fingerprint density at radius 1 is 1.35 bits per heavy atom. The van der Waals surface area contributed by atoms with Crippen molar-refractivity contribution >= 4 is 35.6 Å². The molecule has 0 radical (unpaired) electrons. The lowest BCUT2D eigenvalue weighted by Gasteiger charge is -2.21. The highest BCUT2D eigenvalue weighted by atomic mass is 35.5. The van der Waals surface area contributed by atoms with E-state index in [1.165, 1.54) is 0 Å². The van der Waals surface area contributed by atoms with Gasteiger partial charge < -0.3 is 4.57 Å². The SMILES string of the molecule is Cc1ccccc1[P@@]1(=O)CC2C(Cl)(Cl)[C@@]2(C)C1. The van der Waals surface area contributed by atoms with Crippen LogP contribution in [0.2, 0.25) is 0 Å². The van der Waals surface area contributed by atoms with Gasteiger partial charge in [-0.05, 0) is 12.5 Å². The van der Waals surface area contributed by atoms with Crippen molar-refractivity contribution in [2.24, 2.45) is 11.3 Å².